The van der Waals surface area contributed by atoms with Crippen molar-refractivity contribution in [2.45, 2.75) is 37.9 Å². The van der Waals surface area contributed by atoms with E-state index < -0.39 is 0 Å². The van der Waals surface area contributed by atoms with E-state index in [1.165, 1.54) is 29.7 Å². The highest BCUT2D eigenvalue weighted by Crippen LogP contribution is 2.32. The summed E-state index contributed by atoms with van der Waals surface area (Å²) in [5.41, 5.74) is 3.93. The molecule has 1 aliphatic rings. The average molecular weight is 335 g/mol. The van der Waals surface area contributed by atoms with Gasteiger partial charge in [0.15, 0.2) is 0 Å². The van der Waals surface area contributed by atoms with E-state index >= 15 is 0 Å². The van der Waals surface area contributed by atoms with Crippen LogP contribution in [0.15, 0.2) is 67.3 Å². The summed E-state index contributed by atoms with van der Waals surface area (Å²) in [5.74, 6) is -0.201. The fraction of sp³-hybridized carbons (Fsp3) is 0.286. The molecule has 0 aliphatic heterocycles. The van der Waals surface area contributed by atoms with E-state index in [9.17, 15) is 4.39 Å². The number of nitrogens with one attached hydrogen (secondary N) is 1. The maximum absolute atomic E-state index is 13.3. The number of aryl methyl sites for hydroxylation is 1. The molecule has 3 aromatic rings. The summed E-state index contributed by atoms with van der Waals surface area (Å²) < 4.78 is 15.4. The lowest BCUT2D eigenvalue weighted by Crippen LogP contribution is -2.31. The number of rotatable bonds is 5. The van der Waals surface area contributed by atoms with Gasteiger partial charge in [-0.25, -0.2) is 9.37 Å². The van der Waals surface area contributed by atoms with Crippen molar-refractivity contribution in [3.8, 4) is 0 Å². The molecule has 4 rings (SSSR count). The molecule has 0 saturated carbocycles. The minimum atomic E-state index is -0.201. The third kappa shape index (κ3) is 3.64. The Morgan fingerprint density at radius 2 is 2.00 bits per heavy atom. The number of benzene rings is 2. The fourth-order valence-corrected chi connectivity index (χ4v) is 3.72. The first-order valence-electron chi connectivity index (χ1n) is 8.84. The summed E-state index contributed by atoms with van der Waals surface area (Å²) in [7, 11) is 0. The van der Waals surface area contributed by atoms with E-state index in [0.29, 0.717) is 6.04 Å². The number of nitrogens with zero attached hydrogens (tertiary/aromatic N) is 2. The van der Waals surface area contributed by atoms with Gasteiger partial charge < -0.3 is 9.88 Å². The molecule has 0 unspecified atom stereocenters. The maximum Gasteiger partial charge on any atom is 0.123 e. The van der Waals surface area contributed by atoms with Gasteiger partial charge in [0.25, 0.3) is 0 Å². The molecule has 1 N–H and O–H groups in total. The van der Waals surface area contributed by atoms with Crippen molar-refractivity contribution in [3.05, 3.63) is 89.8 Å². The smallest absolute Gasteiger partial charge is 0.123 e. The minimum absolute atomic E-state index is 0.103. The van der Waals surface area contributed by atoms with Crippen molar-refractivity contribution in [3.63, 3.8) is 0 Å². The van der Waals surface area contributed by atoms with E-state index in [4.69, 9.17) is 0 Å². The summed E-state index contributed by atoms with van der Waals surface area (Å²) in [4.78, 5) is 4.14. The van der Waals surface area contributed by atoms with Crippen LogP contribution in [0.5, 0.6) is 0 Å². The quantitative estimate of drug-likeness (QED) is 0.747. The van der Waals surface area contributed by atoms with E-state index in [2.05, 4.69) is 39.1 Å². The van der Waals surface area contributed by atoms with Crippen molar-refractivity contribution in [2.75, 3.05) is 0 Å². The van der Waals surface area contributed by atoms with Gasteiger partial charge in [-0.2, -0.15) is 0 Å². The van der Waals surface area contributed by atoms with Crippen LogP contribution in [0.3, 0.4) is 0 Å². The minimum Gasteiger partial charge on any atom is -0.336 e. The predicted octanol–water partition coefficient (Wildman–Crippen LogP) is 4.43. The predicted molar refractivity (Wildman–Crippen MR) is 96.6 cm³/mol. The third-order valence-corrected chi connectivity index (χ3v) is 5.00. The molecule has 0 bridgehead atoms. The van der Waals surface area contributed by atoms with Crippen molar-refractivity contribution in [2.24, 2.45) is 0 Å². The number of halogens is 1. The van der Waals surface area contributed by atoms with Crippen LogP contribution in [0, 0.1) is 5.82 Å². The molecule has 25 heavy (non-hydrogen) atoms. The van der Waals surface area contributed by atoms with Gasteiger partial charge in [-0.15, -0.1) is 0 Å². The molecule has 1 aliphatic carbocycles. The highest BCUT2D eigenvalue weighted by Gasteiger charge is 2.23. The fourth-order valence-electron chi connectivity index (χ4n) is 3.72. The summed E-state index contributed by atoms with van der Waals surface area (Å²) in [6, 6.07) is 15.9. The van der Waals surface area contributed by atoms with Crippen LogP contribution in [-0.2, 0) is 13.0 Å². The number of imidazole rings is 1. The zero-order chi connectivity index (χ0) is 17.1. The number of fused-ring (bicyclic) bond motifs is 1. The lowest BCUT2D eigenvalue weighted by molar-refractivity contribution is 0.370. The normalized spacial score (nSPS) is 17.9. The van der Waals surface area contributed by atoms with Gasteiger partial charge in [0.2, 0.25) is 0 Å². The van der Waals surface area contributed by atoms with Gasteiger partial charge >= 0.3 is 0 Å². The van der Waals surface area contributed by atoms with Crippen molar-refractivity contribution in [1.29, 1.82) is 0 Å². The monoisotopic (exact) mass is 335 g/mol. The van der Waals surface area contributed by atoms with Gasteiger partial charge in [0.1, 0.15) is 5.82 Å². The second-order valence-electron chi connectivity index (χ2n) is 6.67. The Hall–Kier alpha value is -2.46. The molecule has 3 nitrogen and oxygen atoms in total. The average Bonchev–Trinajstić information content (AvgIpc) is 3.15. The zero-order valence-electron chi connectivity index (χ0n) is 14.1. The molecule has 0 saturated heterocycles. The lowest BCUT2D eigenvalue weighted by atomic mass is 9.87. The van der Waals surface area contributed by atoms with Crippen molar-refractivity contribution < 1.29 is 4.39 Å². The van der Waals surface area contributed by atoms with Crippen LogP contribution in [0.25, 0.3) is 0 Å². The van der Waals surface area contributed by atoms with E-state index in [1.807, 2.05) is 24.7 Å². The van der Waals surface area contributed by atoms with Gasteiger partial charge in [-0.1, -0.05) is 36.4 Å². The van der Waals surface area contributed by atoms with Crippen LogP contribution in [-0.4, -0.2) is 9.55 Å². The van der Waals surface area contributed by atoms with Gasteiger partial charge in [-0.3, -0.25) is 0 Å². The van der Waals surface area contributed by atoms with Crippen LogP contribution in [0.2, 0.25) is 0 Å². The Labute approximate surface area is 147 Å². The summed E-state index contributed by atoms with van der Waals surface area (Å²) in [5, 5.41) is 3.82. The Morgan fingerprint density at radius 3 is 2.80 bits per heavy atom. The SMILES string of the molecule is Fc1ccc([C@@H](Cn2ccnc2)N[C@H]2CCCc3ccccc32)cc1. The Bertz CT molecular complexity index is 811. The second kappa shape index (κ2) is 7.19. The largest absolute Gasteiger partial charge is 0.336 e. The molecule has 1 aromatic heterocycles. The summed E-state index contributed by atoms with van der Waals surface area (Å²) in [6.45, 7) is 0.768. The highest BCUT2D eigenvalue weighted by molar-refractivity contribution is 5.32. The number of hydrogen-bond donors (Lipinski definition) is 1. The molecular formula is C21H22FN3. The lowest BCUT2D eigenvalue weighted by Gasteiger charge is -2.31. The molecule has 2 aromatic carbocycles. The van der Waals surface area contributed by atoms with Crippen LogP contribution < -0.4 is 5.32 Å². The summed E-state index contributed by atoms with van der Waals surface area (Å²) in [6.07, 6.45) is 9.04. The topological polar surface area (TPSA) is 29.9 Å². The van der Waals surface area contributed by atoms with Gasteiger partial charge in [-0.05, 0) is 48.1 Å². The first kappa shape index (κ1) is 16.0. The zero-order valence-corrected chi connectivity index (χ0v) is 14.1. The van der Waals surface area contributed by atoms with Crippen molar-refractivity contribution in [1.82, 2.24) is 14.9 Å². The third-order valence-electron chi connectivity index (χ3n) is 5.00. The molecule has 0 radical (unpaired) electrons. The molecule has 0 amide bonds. The molecule has 1 heterocycles. The highest BCUT2D eigenvalue weighted by atomic mass is 19.1. The second-order valence-corrected chi connectivity index (χ2v) is 6.67. The van der Waals surface area contributed by atoms with E-state index in [-0.39, 0.29) is 11.9 Å². The molecule has 0 fully saturated rings. The molecule has 128 valence electrons. The summed E-state index contributed by atoms with van der Waals surface area (Å²) >= 11 is 0. The van der Waals surface area contributed by atoms with Crippen molar-refractivity contribution >= 4 is 0 Å². The first-order chi connectivity index (χ1) is 12.3. The molecule has 2 atom stereocenters. The maximum atomic E-state index is 13.3. The molecular weight excluding hydrogens is 313 g/mol. The van der Waals surface area contributed by atoms with Gasteiger partial charge in [0, 0.05) is 25.0 Å². The Balaban J connectivity index is 1.61. The van der Waals surface area contributed by atoms with Crippen LogP contribution in [0.4, 0.5) is 4.39 Å². The number of aromatic nitrogens is 2. The Kier molecular flexibility index (Phi) is 4.61. The Morgan fingerprint density at radius 1 is 1.16 bits per heavy atom. The standard InChI is InChI=1S/C21H22FN3/c22-18-10-8-17(9-11-18)21(14-25-13-12-23-15-25)24-20-7-3-5-16-4-1-2-6-19(16)20/h1-2,4,6,8-13,15,20-21,24H,3,5,7,14H2/t20-,21+/m0/s1. The molecule has 4 heteroatoms. The van der Waals surface area contributed by atoms with Crippen LogP contribution in [0.1, 0.15) is 41.6 Å². The van der Waals surface area contributed by atoms with E-state index in [0.717, 1.165) is 24.9 Å². The number of hydrogen-bond acceptors (Lipinski definition) is 2. The van der Waals surface area contributed by atoms with Crippen LogP contribution >= 0.6 is 0 Å². The first-order valence-corrected chi connectivity index (χ1v) is 8.84. The molecule has 0 spiro atoms. The van der Waals surface area contributed by atoms with E-state index in [1.54, 1.807) is 6.20 Å². The van der Waals surface area contributed by atoms with Gasteiger partial charge in [0.05, 0.1) is 12.4 Å².